The summed E-state index contributed by atoms with van der Waals surface area (Å²) < 4.78 is 18.6. The van der Waals surface area contributed by atoms with E-state index >= 15 is 0 Å². The fraction of sp³-hybridized carbons (Fsp3) is 0. The van der Waals surface area contributed by atoms with Crippen LogP contribution in [-0.2, 0) is 0 Å². The number of carbonyl (C=O) groups is 1. The Kier molecular flexibility index (Phi) is 2.76. The summed E-state index contributed by atoms with van der Waals surface area (Å²) in [7, 11) is 0. The van der Waals surface area contributed by atoms with Crippen LogP contribution < -0.4 is 5.73 Å². The summed E-state index contributed by atoms with van der Waals surface area (Å²) in [5.74, 6) is -0.827. The number of nitrogens with zero attached hydrogens (tertiary/aromatic N) is 1. The molecule has 0 atom stereocenters. The van der Waals surface area contributed by atoms with Gasteiger partial charge in [-0.1, -0.05) is 30.3 Å². The maximum atomic E-state index is 13.7. The molecule has 0 unspecified atom stereocenters. The van der Waals surface area contributed by atoms with E-state index in [0.717, 1.165) is 10.3 Å². The van der Waals surface area contributed by atoms with E-state index in [0.29, 0.717) is 10.9 Å². The SMILES string of the molecule is NC(=O)c1nsc2cc(-c3ccccc3F)ccc12. The molecule has 1 heterocycles. The second-order valence-corrected chi connectivity index (χ2v) is 4.89. The highest BCUT2D eigenvalue weighted by atomic mass is 32.1. The number of amides is 1. The first-order valence-corrected chi connectivity index (χ1v) is 6.38. The van der Waals surface area contributed by atoms with Gasteiger partial charge < -0.3 is 5.73 Å². The molecular weight excluding hydrogens is 263 g/mol. The summed E-state index contributed by atoms with van der Waals surface area (Å²) in [6, 6.07) is 11.9. The Labute approximate surface area is 112 Å². The molecule has 94 valence electrons. The number of primary amides is 1. The molecule has 0 saturated carbocycles. The van der Waals surface area contributed by atoms with Crippen molar-refractivity contribution in [3.05, 3.63) is 54.0 Å². The van der Waals surface area contributed by atoms with Gasteiger partial charge in [0.25, 0.3) is 5.91 Å². The first kappa shape index (κ1) is 11.8. The number of halogens is 1. The van der Waals surface area contributed by atoms with E-state index in [2.05, 4.69) is 4.37 Å². The first-order valence-electron chi connectivity index (χ1n) is 5.61. The summed E-state index contributed by atoms with van der Waals surface area (Å²) in [4.78, 5) is 11.2. The summed E-state index contributed by atoms with van der Waals surface area (Å²) in [5.41, 5.74) is 6.79. The molecular formula is C14H9FN2OS. The van der Waals surface area contributed by atoms with Gasteiger partial charge >= 0.3 is 0 Å². The second kappa shape index (κ2) is 4.44. The first-order chi connectivity index (χ1) is 9.16. The average molecular weight is 272 g/mol. The van der Waals surface area contributed by atoms with Gasteiger partial charge in [0.1, 0.15) is 11.5 Å². The van der Waals surface area contributed by atoms with Gasteiger partial charge in [-0.05, 0) is 29.2 Å². The Morgan fingerprint density at radius 1 is 1.21 bits per heavy atom. The molecule has 0 radical (unpaired) electrons. The van der Waals surface area contributed by atoms with E-state index in [1.54, 1.807) is 30.3 Å². The smallest absolute Gasteiger partial charge is 0.269 e. The van der Waals surface area contributed by atoms with Gasteiger partial charge in [0.05, 0.1) is 4.70 Å². The van der Waals surface area contributed by atoms with E-state index < -0.39 is 5.91 Å². The molecule has 19 heavy (non-hydrogen) atoms. The van der Waals surface area contributed by atoms with E-state index in [-0.39, 0.29) is 11.5 Å². The Hall–Kier alpha value is -2.27. The lowest BCUT2D eigenvalue weighted by Gasteiger charge is -2.03. The zero-order valence-corrected chi connectivity index (χ0v) is 10.6. The molecule has 0 saturated heterocycles. The minimum absolute atomic E-state index is 0.264. The van der Waals surface area contributed by atoms with Gasteiger partial charge in [-0.2, -0.15) is 4.37 Å². The molecule has 0 fully saturated rings. The largest absolute Gasteiger partial charge is 0.364 e. The Balaban J connectivity index is 2.18. The van der Waals surface area contributed by atoms with Crippen LogP contribution in [0, 0.1) is 5.82 Å². The van der Waals surface area contributed by atoms with Crippen LogP contribution in [0.4, 0.5) is 4.39 Å². The van der Waals surface area contributed by atoms with Crippen molar-refractivity contribution in [2.24, 2.45) is 5.73 Å². The molecule has 0 spiro atoms. The van der Waals surface area contributed by atoms with Crippen LogP contribution in [0.15, 0.2) is 42.5 Å². The highest BCUT2D eigenvalue weighted by Gasteiger charge is 2.12. The number of fused-ring (bicyclic) bond motifs is 1. The maximum absolute atomic E-state index is 13.7. The number of benzene rings is 2. The molecule has 1 amide bonds. The van der Waals surface area contributed by atoms with Gasteiger partial charge in [0.15, 0.2) is 0 Å². The third-order valence-corrected chi connectivity index (χ3v) is 3.70. The molecule has 0 aliphatic heterocycles. The minimum atomic E-state index is -0.551. The summed E-state index contributed by atoms with van der Waals surface area (Å²) in [6.45, 7) is 0. The molecule has 3 nitrogen and oxygen atoms in total. The van der Waals surface area contributed by atoms with Crippen molar-refractivity contribution < 1.29 is 9.18 Å². The van der Waals surface area contributed by atoms with E-state index in [4.69, 9.17) is 5.73 Å². The number of hydrogen-bond donors (Lipinski definition) is 1. The Bertz CT molecular complexity index is 782. The van der Waals surface area contributed by atoms with Gasteiger partial charge in [-0.15, -0.1) is 0 Å². The van der Waals surface area contributed by atoms with Crippen LogP contribution in [0.3, 0.4) is 0 Å². The van der Waals surface area contributed by atoms with Crippen LogP contribution in [-0.4, -0.2) is 10.3 Å². The van der Waals surface area contributed by atoms with Crippen LogP contribution in [0.1, 0.15) is 10.5 Å². The van der Waals surface area contributed by atoms with Crippen LogP contribution in [0.5, 0.6) is 0 Å². The van der Waals surface area contributed by atoms with Gasteiger partial charge in [0.2, 0.25) is 0 Å². The highest BCUT2D eigenvalue weighted by Crippen LogP contribution is 2.29. The van der Waals surface area contributed by atoms with Crippen molar-refractivity contribution in [1.29, 1.82) is 0 Å². The number of nitrogens with two attached hydrogens (primary N) is 1. The van der Waals surface area contributed by atoms with Crippen LogP contribution in [0.25, 0.3) is 21.2 Å². The van der Waals surface area contributed by atoms with Crippen molar-refractivity contribution >= 4 is 27.5 Å². The molecule has 0 aliphatic carbocycles. The van der Waals surface area contributed by atoms with Gasteiger partial charge in [-0.25, -0.2) is 4.39 Å². The van der Waals surface area contributed by atoms with Crippen LogP contribution in [0.2, 0.25) is 0 Å². The number of rotatable bonds is 2. The fourth-order valence-corrected chi connectivity index (χ4v) is 2.80. The molecule has 5 heteroatoms. The zero-order valence-electron chi connectivity index (χ0n) is 9.76. The second-order valence-electron chi connectivity index (χ2n) is 4.09. The number of hydrogen-bond acceptors (Lipinski definition) is 3. The minimum Gasteiger partial charge on any atom is -0.364 e. The third kappa shape index (κ3) is 1.98. The van der Waals surface area contributed by atoms with Crippen molar-refractivity contribution in [3.63, 3.8) is 0 Å². The standard InChI is InChI=1S/C14H9FN2OS/c15-11-4-2-1-3-9(11)8-5-6-10-12(7-8)19-17-13(10)14(16)18/h1-7H,(H2,16,18). The van der Waals surface area contributed by atoms with Crippen molar-refractivity contribution in [3.8, 4) is 11.1 Å². The van der Waals surface area contributed by atoms with Crippen molar-refractivity contribution in [2.45, 2.75) is 0 Å². The average Bonchev–Trinajstić information content (AvgIpc) is 2.82. The zero-order chi connectivity index (χ0) is 13.4. The molecule has 0 bridgehead atoms. The predicted octanol–water partition coefficient (Wildman–Crippen LogP) is 3.20. The summed E-state index contributed by atoms with van der Waals surface area (Å²) in [6.07, 6.45) is 0. The predicted molar refractivity (Wildman–Crippen MR) is 73.5 cm³/mol. The van der Waals surface area contributed by atoms with E-state index in [9.17, 15) is 9.18 Å². The van der Waals surface area contributed by atoms with Gasteiger partial charge in [-0.3, -0.25) is 4.79 Å². The van der Waals surface area contributed by atoms with Gasteiger partial charge in [0, 0.05) is 10.9 Å². The normalized spacial score (nSPS) is 10.8. The summed E-state index contributed by atoms with van der Waals surface area (Å²) >= 11 is 1.18. The molecule has 2 N–H and O–H groups in total. The van der Waals surface area contributed by atoms with Crippen molar-refractivity contribution in [1.82, 2.24) is 4.37 Å². The van der Waals surface area contributed by atoms with Crippen molar-refractivity contribution in [2.75, 3.05) is 0 Å². The quantitative estimate of drug-likeness (QED) is 0.778. The maximum Gasteiger partial charge on any atom is 0.269 e. The number of aromatic nitrogens is 1. The van der Waals surface area contributed by atoms with E-state index in [1.165, 1.54) is 17.6 Å². The topological polar surface area (TPSA) is 56.0 Å². The molecule has 3 aromatic rings. The third-order valence-electron chi connectivity index (χ3n) is 2.89. The molecule has 3 rings (SSSR count). The molecule has 1 aromatic heterocycles. The fourth-order valence-electron chi connectivity index (χ4n) is 1.98. The summed E-state index contributed by atoms with van der Waals surface area (Å²) in [5, 5.41) is 0.706. The lowest BCUT2D eigenvalue weighted by molar-refractivity contribution is 0.0998. The molecule has 0 aliphatic rings. The monoisotopic (exact) mass is 272 g/mol. The van der Waals surface area contributed by atoms with E-state index in [1.807, 2.05) is 6.07 Å². The number of carbonyl (C=O) groups excluding carboxylic acids is 1. The Morgan fingerprint density at radius 2 is 2.00 bits per heavy atom. The lowest BCUT2D eigenvalue weighted by atomic mass is 10.0. The lowest BCUT2D eigenvalue weighted by Crippen LogP contribution is -2.11. The Morgan fingerprint density at radius 3 is 2.74 bits per heavy atom. The molecule has 2 aromatic carbocycles. The highest BCUT2D eigenvalue weighted by molar-refractivity contribution is 7.13. The van der Waals surface area contributed by atoms with Crippen LogP contribution >= 0.6 is 11.5 Å².